The first-order valence-corrected chi connectivity index (χ1v) is 11.4. The molecule has 1 aliphatic carbocycles. The molecule has 3 aromatic rings. The molecular weight excluding hydrogens is 473 g/mol. The second-order valence-electron chi connectivity index (χ2n) is 8.85. The minimum Gasteiger partial charge on any atom is -0.428 e. The molecular formula is C27H23F7O. The van der Waals surface area contributed by atoms with Gasteiger partial charge in [0.15, 0.2) is 17.5 Å². The van der Waals surface area contributed by atoms with E-state index >= 15 is 8.78 Å². The maximum atomic E-state index is 15.0. The highest BCUT2D eigenvalue weighted by Crippen LogP contribution is 2.42. The molecule has 3 aromatic carbocycles. The molecule has 0 saturated heterocycles. The second kappa shape index (κ2) is 9.91. The number of alkyl halides is 2. The third-order valence-electron chi connectivity index (χ3n) is 6.67. The van der Waals surface area contributed by atoms with Gasteiger partial charge in [0.25, 0.3) is 0 Å². The molecule has 35 heavy (non-hydrogen) atoms. The van der Waals surface area contributed by atoms with E-state index in [9.17, 15) is 22.0 Å². The molecule has 0 aliphatic heterocycles. The van der Waals surface area contributed by atoms with Crippen LogP contribution in [0, 0.1) is 35.0 Å². The van der Waals surface area contributed by atoms with E-state index in [0.29, 0.717) is 23.6 Å². The maximum absolute atomic E-state index is 15.0. The fraction of sp³-hybridized carbons (Fsp3) is 0.333. The first-order valence-electron chi connectivity index (χ1n) is 11.4. The van der Waals surface area contributed by atoms with Crippen molar-refractivity contribution in [2.75, 3.05) is 0 Å². The molecule has 1 nitrogen and oxygen atoms in total. The van der Waals surface area contributed by atoms with E-state index in [1.807, 2.05) is 0 Å². The SMILES string of the molecule is CC[C@H]1CC[C@H](c2cc(F)c(C(F)(F)Oc3ccccc3-c3cc(F)c(F)c(F)c3)c(F)c2)CC1. The Bertz CT molecular complexity index is 1170. The maximum Gasteiger partial charge on any atom is 0.432 e. The Morgan fingerprint density at radius 2 is 1.37 bits per heavy atom. The molecule has 0 N–H and O–H groups in total. The average Bonchev–Trinajstić information content (AvgIpc) is 2.81. The first-order chi connectivity index (χ1) is 16.6. The van der Waals surface area contributed by atoms with Crippen molar-refractivity contribution < 1.29 is 35.5 Å². The molecule has 0 unspecified atom stereocenters. The Hall–Kier alpha value is -3.03. The zero-order valence-electron chi connectivity index (χ0n) is 18.9. The van der Waals surface area contributed by atoms with Crippen LogP contribution in [-0.4, -0.2) is 0 Å². The van der Waals surface area contributed by atoms with Crippen LogP contribution in [0.15, 0.2) is 48.5 Å². The standard InChI is InChI=1S/C27H23F7O/c1-2-15-7-9-16(10-8-15)17-11-20(28)25(21(29)12-17)27(33,34)35-24-6-4-3-5-19(24)18-13-22(30)26(32)23(31)14-18/h3-6,11-16H,2,7-10H2,1H3/t15-,16-. The van der Waals surface area contributed by atoms with E-state index < -0.39 is 46.5 Å². The second-order valence-corrected chi connectivity index (χ2v) is 8.85. The van der Waals surface area contributed by atoms with Crippen molar-refractivity contribution in [3.05, 3.63) is 88.7 Å². The van der Waals surface area contributed by atoms with Gasteiger partial charge in [0.1, 0.15) is 22.9 Å². The molecule has 1 fully saturated rings. The molecule has 0 aromatic heterocycles. The number of rotatable bonds is 6. The van der Waals surface area contributed by atoms with E-state index in [-0.39, 0.29) is 17.0 Å². The predicted octanol–water partition coefficient (Wildman–Crippen LogP) is 8.86. The summed E-state index contributed by atoms with van der Waals surface area (Å²) in [5, 5.41) is 0. The van der Waals surface area contributed by atoms with Gasteiger partial charge in [-0.15, -0.1) is 0 Å². The fourth-order valence-corrected chi connectivity index (χ4v) is 4.70. The van der Waals surface area contributed by atoms with Crippen molar-refractivity contribution in [1.29, 1.82) is 0 Å². The third-order valence-corrected chi connectivity index (χ3v) is 6.67. The van der Waals surface area contributed by atoms with Crippen LogP contribution in [0.4, 0.5) is 30.7 Å². The molecule has 4 rings (SSSR count). The summed E-state index contributed by atoms with van der Waals surface area (Å²) in [4.78, 5) is 0. The quantitative estimate of drug-likeness (QED) is 0.245. The fourth-order valence-electron chi connectivity index (χ4n) is 4.70. The van der Waals surface area contributed by atoms with Gasteiger partial charge >= 0.3 is 6.11 Å². The number of benzene rings is 3. The molecule has 1 aliphatic rings. The Morgan fingerprint density at radius 1 is 0.800 bits per heavy atom. The number of hydrogen-bond donors (Lipinski definition) is 0. The van der Waals surface area contributed by atoms with Gasteiger partial charge in [-0.25, -0.2) is 22.0 Å². The molecule has 0 radical (unpaired) electrons. The van der Waals surface area contributed by atoms with E-state index in [4.69, 9.17) is 4.74 Å². The highest BCUT2D eigenvalue weighted by Gasteiger charge is 2.42. The van der Waals surface area contributed by atoms with Crippen LogP contribution in [0.1, 0.15) is 56.1 Å². The van der Waals surface area contributed by atoms with Crippen LogP contribution in [0.5, 0.6) is 5.75 Å². The van der Waals surface area contributed by atoms with Crippen molar-refractivity contribution in [2.24, 2.45) is 5.92 Å². The lowest BCUT2D eigenvalue weighted by atomic mass is 9.77. The van der Waals surface area contributed by atoms with Crippen LogP contribution < -0.4 is 4.74 Å². The Morgan fingerprint density at radius 3 is 1.94 bits per heavy atom. The van der Waals surface area contributed by atoms with Crippen LogP contribution >= 0.6 is 0 Å². The molecule has 0 bridgehead atoms. The minimum absolute atomic E-state index is 0.116. The largest absolute Gasteiger partial charge is 0.432 e. The summed E-state index contributed by atoms with van der Waals surface area (Å²) < 4.78 is 105. The van der Waals surface area contributed by atoms with Crippen molar-refractivity contribution >= 4 is 0 Å². The molecule has 0 heterocycles. The van der Waals surface area contributed by atoms with Crippen molar-refractivity contribution in [2.45, 2.75) is 51.1 Å². The van der Waals surface area contributed by atoms with Crippen molar-refractivity contribution in [1.82, 2.24) is 0 Å². The highest BCUT2D eigenvalue weighted by atomic mass is 19.3. The van der Waals surface area contributed by atoms with Gasteiger partial charge in [0.05, 0.1) is 0 Å². The van der Waals surface area contributed by atoms with Gasteiger partial charge in [-0.1, -0.05) is 31.5 Å². The summed E-state index contributed by atoms with van der Waals surface area (Å²) in [6.07, 6.45) is -0.153. The Labute approximate surface area is 198 Å². The molecule has 1 saturated carbocycles. The molecule has 0 atom stereocenters. The van der Waals surface area contributed by atoms with E-state index in [2.05, 4.69) is 6.92 Å². The Kier molecular flexibility index (Phi) is 7.10. The molecule has 8 heteroatoms. The molecule has 0 spiro atoms. The highest BCUT2D eigenvalue weighted by molar-refractivity contribution is 5.70. The summed E-state index contributed by atoms with van der Waals surface area (Å²) in [6.45, 7) is 2.09. The zero-order chi connectivity index (χ0) is 25.3. The predicted molar refractivity (Wildman–Crippen MR) is 118 cm³/mol. The van der Waals surface area contributed by atoms with E-state index in [0.717, 1.165) is 50.3 Å². The van der Waals surface area contributed by atoms with Crippen LogP contribution in [0.3, 0.4) is 0 Å². The summed E-state index contributed by atoms with van der Waals surface area (Å²) in [5.41, 5.74) is -1.73. The van der Waals surface area contributed by atoms with Crippen molar-refractivity contribution in [3.8, 4) is 16.9 Å². The Balaban J connectivity index is 1.64. The van der Waals surface area contributed by atoms with Crippen molar-refractivity contribution in [3.63, 3.8) is 0 Å². The average molecular weight is 496 g/mol. The molecule has 186 valence electrons. The minimum atomic E-state index is -4.44. The van der Waals surface area contributed by atoms with Crippen LogP contribution in [0.2, 0.25) is 0 Å². The topological polar surface area (TPSA) is 9.23 Å². The number of hydrogen-bond acceptors (Lipinski definition) is 1. The van der Waals surface area contributed by atoms with E-state index in [1.54, 1.807) is 0 Å². The summed E-state index contributed by atoms with van der Waals surface area (Å²) in [7, 11) is 0. The summed E-state index contributed by atoms with van der Waals surface area (Å²) in [6, 6.07) is 8.01. The summed E-state index contributed by atoms with van der Waals surface area (Å²) >= 11 is 0. The number of ether oxygens (including phenoxy) is 1. The lowest BCUT2D eigenvalue weighted by Crippen LogP contribution is -2.26. The van der Waals surface area contributed by atoms with Gasteiger partial charge in [-0.05, 0) is 79.0 Å². The third kappa shape index (κ3) is 5.16. The monoisotopic (exact) mass is 496 g/mol. The number of para-hydroxylation sites is 1. The number of halogens is 7. The van der Waals surface area contributed by atoms with Gasteiger partial charge in [-0.2, -0.15) is 8.78 Å². The molecule has 0 amide bonds. The van der Waals surface area contributed by atoms with Crippen LogP contribution in [0.25, 0.3) is 11.1 Å². The van der Waals surface area contributed by atoms with Gasteiger partial charge < -0.3 is 4.74 Å². The normalized spacial score (nSPS) is 18.5. The lowest BCUT2D eigenvalue weighted by molar-refractivity contribution is -0.189. The van der Waals surface area contributed by atoms with Gasteiger partial charge in [-0.3, -0.25) is 0 Å². The zero-order valence-corrected chi connectivity index (χ0v) is 18.9. The first kappa shape index (κ1) is 25.1. The lowest BCUT2D eigenvalue weighted by Gasteiger charge is -2.28. The van der Waals surface area contributed by atoms with Crippen LogP contribution in [-0.2, 0) is 6.11 Å². The van der Waals surface area contributed by atoms with Gasteiger partial charge in [0, 0.05) is 5.56 Å². The van der Waals surface area contributed by atoms with E-state index in [1.165, 1.54) is 18.2 Å². The smallest absolute Gasteiger partial charge is 0.428 e. The van der Waals surface area contributed by atoms with Gasteiger partial charge in [0.2, 0.25) is 0 Å². The summed E-state index contributed by atoms with van der Waals surface area (Å²) in [5.74, 6) is -7.81.